The third-order valence-corrected chi connectivity index (χ3v) is 24.6. The van der Waals surface area contributed by atoms with E-state index >= 15 is 0 Å². The van der Waals surface area contributed by atoms with E-state index in [1.807, 2.05) is 0 Å². The second-order valence-corrected chi connectivity index (χ2v) is 33.8. The molecule has 0 aromatic carbocycles. The molecule has 770 valence electrons. The summed E-state index contributed by atoms with van der Waals surface area (Å²) in [5.41, 5.74) is 0. The molecule has 0 aliphatic carbocycles. The number of ether oxygens (including phenoxy) is 21. The van der Waals surface area contributed by atoms with Crippen LogP contribution >= 0.6 is 0 Å². The molecule has 0 spiro atoms. The van der Waals surface area contributed by atoms with Gasteiger partial charge in [-0.05, 0) is 6.92 Å². The minimum absolute atomic E-state index is 0.814. The van der Waals surface area contributed by atoms with E-state index in [-0.39, 0.29) is 0 Å². The van der Waals surface area contributed by atoms with Gasteiger partial charge < -0.3 is 274 Å². The monoisotopic (exact) mass is 1950 g/mol. The highest BCUT2D eigenvalue weighted by Gasteiger charge is 2.63. The van der Waals surface area contributed by atoms with Crippen LogP contribution in [-0.2, 0) is 119 Å². The Bertz CT molecular complexity index is 3630. The van der Waals surface area contributed by atoms with Gasteiger partial charge in [0, 0.05) is 27.7 Å². The lowest BCUT2D eigenvalue weighted by atomic mass is 9.93. The van der Waals surface area contributed by atoms with Crippen molar-refractivity contribution in [2.24, 2.45) is 0 Å². The number of aliphatic hydroxyl groups excluding tert-OH is 30. The van der Waals surface area contributed by atoms with E-state index in [9.17, 15) is 172 Å². The van der Waals surface area contributed by atoms with Crippen molar-refractivity contribution in [2.75, 3.05) is 66.1 Å². The molecule has 59 heteroatoms. The average Bonchev–Trinajstić information content (AvgIpc) is 0.769. The smallest absolute Gasteiger partial charge is 0.217 e. The molecule has 11 aliphatic rings. The van der Waals surface area contributed by atoms with Gasteiger partial charge in [-0.25, -0.2) is 0 Å². The zero-order valence-corrected chi connectivity index (χ0v) is 71.4. The summed E-state index contributed by atoms with van der Waals surface area (Å²) in [6.07, 6.45) is -109. The zero-order chi connectivity index (χ0) is 97.8. The maximum atomic E-state index is 13.4. The Morgan fingerprint density at radius 3 is 0.850 bits per heavy atom. The molecule has 59 nitrogen and oxygen atoms in total. The lowest BCUT2D eigenvalue weighted by Crippen LogP contribution is -2.71. The maximum Gasteiger partial charge on any atom is 0.217 e. The van der Waals surface area contributed by atoms with Crippen LogP contribution < -0.4 is 21.3 Å². The molecule has 0 aromatic heterocycles. The van der Waals surface area contributed by atoms with E-state index in [2.05, 4.69) is 21.3 Å². The average molecular weight is 1950 g/mol. The Labute approximate surface area is 752 Å². The number of hydrogen-bond acceptors (Lipinski definition) is 55. The molecular weight excluding hydrogens is 1820 g/mol. The highest BCUT2D eigenvalue weighted by Crippen LogP contribution is 2.42. The van der Waals surface area contributed by atoms with Crippen LogP contribution in [0.5, 0.6) is 0 Å². The van der Waals surface area contributed by atoms with Gasteiger partial charge in [0.05, 0.1) is 72.2 Å². The van der Waals surface area contributed by atoms with Crippen molar-refractivity contribution in [1.29, 1.82) is 0 Å². The summed E-state index contributed by atoms with van der Waals surface area (Å²) >= 11 is 0. The summed E-state index contributed by atoms with van der Waals surface area (Å²) in [5, 5.41) is 346. The molecule has 55 atom stereocenters. The van der Waals surface area contributed by atoms with E-state index in [1.165, 1.54) is 6.92 Å². The third-order valence-electron chi connectivity index (χ3n) is 24.6. The molecule has 11 aliphatic heterocycles. The summed E-state index contributed by atoms with van der Waals surface area (Å²) < 4.78 is 126. The van der Waals surface area contributed by atoms with Crippen LogP contribution in [0.15, 0.2) is 0 Å². The van der Waals surface area contributed by atoms with Crippen molar-refractivity contribution < 1.29 is 272 Å². The predicted molar refractivity (Wildman–Crippen MR) is 407 cm³/mol. The van der Waals surface area contributed by atoms with Crippen LogP contribution in [0.4, 0.5) is 0 Å². The summed E-state index contributed by atoms with van der Waals surface area (Å²) in [4.78, 5) is 51.8. The van der Waals surface area contributed by atoms with E-state index < -0.39 is 427 Å². The number of carbonyl (C=O) groups is 4. The van der Waals surface area contributed by atoms with Gasteiger partial charge in [0.15, 0.2) is 69.2 Å². The van der Waals surface area contributed by atoms with Crippen molar-refractivity contribution in [3.63, 3.8) is 0 Å². The highest BCUT2D eigenvalue weighted by atomic mass is 16.8. The number of carbonyl (C=O) groups excluding carboxylic acids is 4. The van der Waals surface area contributed by atoms with Gasteiger partial charge in [-0.15, -0.1) is 0 Å². The fraction of sp³-hybridized carbons (Fsp3) is 0.946. The van der Waals surface area contributed by atoms with Crippen LogP contribution in [0.25, 0.3) is 0 Å². The largest absolute Gasteiger partial charge is 0.394 e. The van der Waals surface area contributed by atoms with Crippen molar-refractivity contribution in [1.82, 2.24) is 21.3 Å². The minimum atomic E-state index is -2.66. The first-order valence-corrected chi connectivity index (χ1v) is 42.5. The Morgan fingerprint density at radius 1 is 0.211 bits per heavy atom. The molecule has 34 N–H and O–H groups in total. The Hall–Kier alpha value is -4.16. The molecule has 0 aromatic rings. The first-order chi connectivity index (χ1) is 62.9. The van der Waals surface area contributed by atoms with Gasteiger partial charge >= 0.3 is 0 Å². The number of aliphatic hydroxyl groups is 30. The topological polar surface area (TPSA) is 917 Å². The van der Waals surface area contributed by atoms with E-state index in [4.69, 9.17) is 99.5 Å². The summed E-state index contributed by atoms with van der Waals surface area (Å²) in [5.74, 6) is -3.82. The van der Waals surface area contributed by atoms with Crippen LogP contribution in [-0.4, -0.2) is 580 Å². The molecule has 11 heterocycles. The Balaban J connectivity index is 0.926. The lowest BCUT2D eigenvalue weighted by Gasteiger charge is -2.52. The van der Waals surface area contributed by atoms with Crippen LogP contribution in [0, 0.1) is 0 Å². The molecule has 0 saturated carbocycles. The SMILES string of the molecule is CC(=O)N[C@H]1[C@H](O[C@H]2[C@H](O)[C@@H](NC(C)=O)C(O)O[C@@H]2CO)O[C@H](CO)[C@@H](O[C@@H]2O[C@H](CO[C@H]3O[C@H](CO)[C@@H](O)[C@H](O)[C@@H]3O[C@@H]3O[C@H](CO)[C@@H](O[C@@H]4O[C@H](CO)[C@H](O)[C@H](O)[C@H]4O)[C@H](O)[C@H]3NC(C)=O)[C@@H](O)[C@H](O[C@H]3O[C@H](CO)[C@@H](O)[C@H](O)[C@@H]3O[C@@H]3O[C@H](CO)[C@@H](O[C@@H]4O[C@H](CO)[C@H](O)[C@H](O[C@H]5O[C@H](CO)[C@H](O)[C@H](O)[C@H]5O)[C@H]4O[C@@H]4O[C@@H](C)[C@@H](O)[C@@H](O)[C@@H]4O)[C@H](O)[C@H]3NC(C)=O)[C@@H]2O)[C@@H]1O. The van der Waals surface area contributed by atoms with E-state index in [0.29, 0.717) is 0 Å². The van der Waals surface area contributed by atoms with Gasteiger partial charge in [0.1, 0.15) is 262 Å². The predicted octanol–water partition coefficient (Wildman–Crippen LogP) is -23.4. The first kappa shape index (κ1) is 109. The van der Waals surface area contributed by atoms with Crippen LogP contribution in [0.1, 0.15) is 34.6 Å². The zero-order valence-electron chi connectivity index (χ0n) is 71.4. The number of hydrogen-bond donors (Lipinski definition) is 34. The summed E-state index contributed by atoms with van der Waals surface area (Å²) in [6, 6.07) is -7.77. The van der Waals surface area contributed by atoms with Gasteiger partial charge in [-0.1, -0.05) is 0 Å². The third kappa shape index (κ3) is 23.9. The molecule has 1 unspecified atom stereocenters. The molecular formula is C74H124N4O55. The van der Waals surface area contributed by atoms with Gasteiger partial charge in [-0.2, -0.15) is 0 Å². The normalized spacial score (nSPS) is 50.1. The highest BCUT2D eigenvalue weighted by molar-refractivity contribution is 5.74. The van der Waals surface area contributed by atoms with E-state index in [0.717, 1.165) is 27.7 Å². The molecule has 133 heavy (non-hydrogen) atoms. The quantitative estimate of drug-likeness (QED) is 0.0284. The van der Waals surface area contributed by atoms with E-state index in [1.54, 1.807) is 0 Å². The number of nitrogens with one attached hydrogen (secondary N) is 4. The second kappa shape index (κ2) is 47.6. The fourth-order valence-electron chi connectivity index (χ4n) is 17.3. The Kier molecular flexibility index (Phi) is 39.1. The molecule has 0 bridgehead atoms. The van der Waals surface area contributed by atoms with Crippen molar-refractivity contribution in [2.45, 2.75) is 372 Å². The minimum Gasteiger partial charge on any atom is -0.394 e. The van der Waals surface area contributed by atoms with Crippen molar-refractivity contribution in [3.05, 3.63) is 0 Å². The Morgan fingerprint density at radius 2 is 0.459 bits per heavy atom. The number of amides is 4. The van der Waals surface area contributed by atoms with Crippen LogP contribution in [0.3, 0.4) is 0 Å². The lowest BCUT2D eigenvalue weighted by molar-refractivity contribution is -0.408. The molecule has 4 amide bonds. The summed E-state index contributed by atoms with van der Waals surface area (Å²) in [6.45, 7) is -6.67. The maximum absolute atomic E-state index is 13.4. The van der Waals surface area contributed by atoms with Gasteiger partial charge in [0.2, 0.25) is 23.6 Å². The van der Waals surface area contributed by atoms with Gasteiger partial charge in [0.25, 0.3) is 0 Å². The van der Waals surface area contributed by atoms with Crippen molar-refractivity contribution >= 4 is 23.6 Å². The fourth-order valence-corrected chi connectivity index (χ4v) is 17.3. The first-order valence-electron chi connectivity index (χ1n) is 42.5. The van der Waals surface area contributed by atoms with Crippen LogP contribution in [0.2, 0.25) is 0 Å². The van der Waals surface area contributed by atoms with Crippen molar-refractivity contribution in [3.8, 4) is 0 Å². The standard InChI is InChI=1S/C74H124N4O55/c1-16-35(92)46(103)51(108)68(114-16)133-63-60(130-70-53(110)48(105)37(94)22(7-80)117-70)40(97)25(10-83)120-74(63)128-58-29(14-87)123-67(34(45(58)102)78-20(5)91)132-62-50(107)39(96)24(9-82)119-73(62)129-59-41(98)30(124-71(54(59)111)127-57-28(13-86)121-65(32(43(57)100)76-18(3)89)125-55-26(11-84)115-64(112)31(42(55)99)75-17(2)88)15-113-72-61(49(106)38(95)23(8-81)118-72)131-66-33(77-19(4)90)44(101)56(27(12-85)122-66)126-69-52(109)47(104)36(93)21(6-79)116-69/h16,21-74,79-87,92-112H,6-15H2,1-5H3,(H,75,88)(H,76,89)(H,77,90)(H,78,91)/t16-,21+,22+,23+,24+,25+,26+,27+,28+,29+,30+,31+,32+,33+,34+,35+,36-,37-,38+,39+,40-,41+,42+,43+,44+,45+,46+,47-,48-,49-,50-,51-,52+,53+,54-,55+,56+,57+,58+,59-,60-,61-,62-,63+,64?,65-,66-,67-,68-,69-,70+,71-,72-,73+,74-/m0/s1. The number of rotatable bonds is 34. The molecule has 11 fully saturated rings. The molecule has 11 rings (SSSR count). The summed E-state index contributed by atoms with van der Waals surface area (Å²) in [7, 11) is 0. The molecule has 11 saturated heterocycles. The molecule has 0 radical (unpaired) electrons. The second-order valence-electron chi connectivity index (χ2n) is 33.8. The van der Waals surface area contributed by atoms with Gasteiger partial charge in [-0.3, -0.25) is 19.2 Å².